The van der Waals surface area contributed by atoms with Gasteiger partial charge in [0.25, 0.3) is 0 Å². The third-order valence-electron chi connectivity index (χ3n) is 4.83. The minimum absolute atomic E-state index is 0.848. The standard InChI is InChI=1S/C18H30S/c1-5-6-7-8-9-18-17-12-15(13(2)3)10-11-16(17)14(4)19-18/h13,15H,5-12H2,1-4H3. The van der Waals surface area contributed by atoms with E-state index in [0.717, 1.165) is 11.8 Å². The lowest BCUT2D eigenvalue weighted by Crippen LogP contribution is -2.19. The Morgan fingerprint density at radius 3 is 2.63 bits per heavy atom. The number of unbranched alkanes of at least 4 members (excludes halogenated alkanes) is 3. The number of hydrogen-bond acceptors (Lipinski definition) is 1. The van der Waals surface area contributed by atoms with Crippen molar-refractivity contribution in [3.63, 3.8) is 0 Å². The summed E-state index contributed by atoms with van der Waals surface area (Å²) in [5.41, 5.74) is 3.50. The molecule has 1 heteroatoms. The molecule has 1 aromatic rings. The first-order valence-corrected chi connectivity index (χ1v) is 9.05. The van der Waals surface area contributed by atoms with Gasteiger partial charge in [-0.15, -0.1) is 11.3 Å². The van der Waals surface area contributed by atoms with E-state index < -0.39 is 0 Å². The van der Waals surface area contributed by atoms with Gasteiger partial charge in [-0.3, -0.25) is 0 Å². The molecule has 1 unspecified atom stereocenters. The van der Waals surface area contributed by atoms with Crippen LogP contribution in [0.2, 0.25) is 0 Å². The molecular weight excluding hydrogens is 248 g/mol. The number of fused-ring (bicyclic) bond motifs is 1. The molecule has 0 aliphatic heterocycles. The monoisotopic (exact) mass is 278 g/mol. The maximum absolute atomic E-state index is 2.40. The van der Waals surface area contributed by atoms with E-state index in [1.807, 2.05) is 0 Å². The van der Waals surface area contributed by atoms with Crippen molar-refractivity contribution < 1.29 is 0 Å². The van der Waals surface area contributed by atoms with Gasteiger partial charge in [-0.25, -0.2) is 0 Å². The molecule has 1 aromatic heterocycles. The SMILES string of the molecule is CCCCCCc1sc(C)c2c1CC(C(C)C)CC2. The van der Waals surface area contributed by atoms with Gasteiger partial charge in [0.2, 0.25) is 0 Å². The van der Waals surface area contributed by atoms with Crippen LogP contribution in [0.25, 0.3) is 0 Å². The van der Waals surface area contributed by atoms with Crippen LogP contribution in [0.4, 0.5) is 0 Å². The first-order valence-electron chi connectivity index (χ1n) is 8.23. The number of thiophene rings is 1. The van der Waals surface area contributed by atoms with Crippen molar-refractivity contribution in [2.45, 2.75) is 79.1 Å². The van der Waals surface area contributed by atoms with E-state index in [9.17, 15) is 0 Å². The van der Waals surface area contributed by atoms with Crippen molar-refractivity contribution in [2.24, 2.45) is 11.8 Å². The Hall–Kier alpha value is -0.300. The highest BCUT2D eigenvalue weighted by Crippen LogP contribution is 2.38. The number of hydrogen-bond donors (Lipinski definition) is 0. The average molecular weight is 279 g/mol. The van der Waals surface area contributed by atoms with Crippen LogP contribution in [0.1, 0.15) is 73.8 Å². The van der Waals surface area contributed by atoms with E-state index in [1.165, 1.54) is 51.4 Å². The van der Waals surface area contributed by atoms with Gasteiger partial charge in [-0.05, 0) is 62.0 Å². The quantitative estimate of drug-likeness (QED) is 0.565. The predicted octanol–water partition coefficient (Wildman–Crippen LogP) is 5.94. The molecule has 0 fully saturated rings. The summed E-state index contributed by atoms with van der Waals surface area (Å²) in [5, 5.41) is 0. The number of rotatable bonds is 6. The molecule has 0 amide bonds. The highest BCUT2D eigenvalue weighted by molar-refractivity contribution is 7.12. The van der Waals surface area contributed by atoms with Gasteiger partial charge in [-0.1, -0.05) is 40.0 Å². The van der Waals surface area contributed by atoms with Crippen molar-refractivity contribution in [1.82, 2.24) is 0 Å². The largest absolute Gasteiger partial charge is 0.145 e. The van der Waals surface area contributed by atoms with Gasteiger partial charge in [0, 0.05) is 9.75 Å². The lowest BCUT2D eigenvalue weighted by atomic mass is 9.78. The first kappa shape index (κ1) is 15.1. The minimum Gasteiger partial charge on any atom is -0.145 e. The fourth-order valence-electron chi connectivity index (χ4n) is 3.43. The lowest BCUT2D eigenvalue weighted by molar-refractivity contribution is 0.342. The molecule has 0 radical (unpaired) electrons. The van der Waals surface area contributed by atoms with Gasteiger partial charge in [0.1, 0.15) is 0 Å². The molecule has 2 rings (SSSR count). The number of aryl methyl sites for hydroxylation is 2. The van der Waals surface area contributed by atoms with Gasteiger partial charge in [0.15, 0.2) is 0 Å². The summed E-state index contributed by atoms with van der Waals surface area (Å²) in [6.45, 7) is 9.44. The van der Waals surface area contributed by atoms with E-state index in [4.69, 9.17) is 0 Å². The Morgan fingerprint density at radius 2 is 1.95 bits per heavy atom. The highest BCUT2D eigenvalue weighted by Gasteiger charge is 2.26. The molecule has 0 aromatic carbocycles. The molecule has 0 spiro atoms. The van der Waals surface area contributed by atoms with Gasteiger partial charge >= 0.3 is 0 Å². The van der Waals surface area contributed by atoms with Crippen molar-refractivity contribution in [1.29, 1.82) is 0 Å². The van der Waals surface area contributed by atoms with Crippen LogP contribution in [0, 0.1) is 18.8 Å². The molecule has 0 nitrogen and oxygen atoms in total. The third-order valence-corrected chi connectivity index (χ3v) is 6.08. The topological polar surface area (TPSA) is 0 Å². The molecule has 1 aliphatic carbocycles. The summed E-state index contributed by atoms with van der Waals surface area (Å²) in [7, 11) is 0. The summed E-state index contributed by atoms with van der Waals surface area (Å²) in [5.74, 6) is 1.78. The summed E-state index contributed by atoms with van der Waals surface area (Å²) >= 11 is 2.10. The zero-order valence-electron chi connectivity index (χ0n) is 13.2. The second kappa shape index (κ2) is 6.92. The molecule has 0 bridgehead atoms. The lowest BCUT2D eigenvalue weighted by Gasteiger charge is -2.27. The van der Waals surface area contributed by atoms with Crippen LogP contribution in [0.15, 0.2) is 0 Å². The fourth-order valence-corrected chi connectivity index (χ4v) is 4.72. The van der Waals surface area contributed by atoms with Gasteiger partial charge in [-0.2, -0.15) is 0 Å². The molecule has 1 heterocycles. The van der Waals surface area contributed by atoms with E-state index in [2.05, 4.69) is 39.0 Å². The van der Waals surface area contributed by atoms with Crippen molar-refractivity contribution in [2.75, 3.05) is 0 Å². The van der Waals surface area contributed by atoms with Crippen LogP contribution in [0.5, 0.6) is 0 Å². The van der Waals surface area contributed by atoms with Crippen LogP contribution in [-0.4, -0.2) is 0 Å². The maximum Gasteiger partial charge on any atom is 0.00830 e. The predicted molar refractivity (Wildman–Crippen MR) is 87.3 cm³/mol. The normalized spacial score (nSPS) is 18.9. The van der Waals surface area contributed by atoms with Crippen LogP contribution < -0.4 is 0 Å². The first-order chi connectivity index (χ1) is 9.13. The van der Waals surface area contributed by atoms with Crippen molar-refractivity contribution in [3.8, 4) is 0 Å². The smallest absolute Gasteiger partial charge is 0.00830 e. The maximum atomic E-state index is 2.40. The fraction of sp³-hybridized carbons (Fsp3) is 0.778. The van der Waals surface area contributed by atoms with E-state index in [0.29, 0.717) is 0 Å². The van der Waals surface area contributed by atoms with Crippen LogP contribution >= 0.6 is 11.3 Å². The Labute approximate surface area is 123 Å². The molecule has 0 N–H and O–H groups in total. The van der Waals surface area contributed by atoms with Crippen LogP contribution in [-0.2, 0) is 19.3 Å². The molecule has 19 heavy (non-hydrogen) atoms. The summed E-state index contributed by atoms with van der Waals surface area (Å²) < 4.78 is 0. The Bertz CT molecular complexity index is 400. The molecule has 0 saturated heterocycles. The summed E-state index contributed by atoms with van der Waals surface area (Å²) in [6.07, 6.45) is 11.0. The molecule has 1 aliphatic rings. The molecule has 0 saturated carbocycles. The summed E-state index contributed by atoms with van der Waals surface area (Å²) in [6, 6.07) is 0. The van der Waals surface area contributed by atoms with Gasteiger partial charge < -0.3 is 0 Å². The third kappa shape index (κ3) is 3.62. The highest BCUT2D eigenvalue weighted by atomic mass is 32.1. The van der Waals surface area contributed by atoms with E-state index in [-0.39, 0.29) is 0 Å². The average Bonchev–Trinajstić information content (AvgIpc) is 2.71. The van der Waals surface area contributed by atoms with Crippen molar-refractivity contribution >= 4 is 11.3 Å². The Kier molecular flexibility index (Phi) is 5.50. The summed E-state index contributed by atoms with van der Waals surface area (Å²) in [4.78, 5) is 3.34. The molecule has 108 valence electrons. The van der Waals surface area contributed by atoms with E-state index >= 15 is 0 Å². The van der Waals surface area contributed by atoms with Crippen LogP contribution in [0.3, 0.4) is 0 Å². The second-order valence-electron chi connectivity index (χ2n) is 6.60. The molecular formula is C18H30S. The van der Waals surface area contributed by atoms with Gasteiger partial charge in [0.05, 0.1) is 0 Å². The molecule has 1 atom stereocenters. The Morgan fingerprint density at radius 1 is 1.16 bits per heavy atom. The van der Waals surface area contributed by atoms with E-state index in [1.54, 1.807) is 20.9 Å². The Balaban J connectivity index is 2.05. The zero-order chi connectivity index (χ0) is 13.8. The zero-order valence-corrected chi connectivity index (χ0v) is 14.0. The minimum atomic E-state index is 0.848. The second-order valence-corrected chi connectivity index (χ2v) is 7.91. The van der Waals surface area contributed by atoms with Crippen molar-refractivity contribution in [3.05, 3.63) is 20.9 Å².